The molecule has 2 atom stereocenters. The number of hydrogen-bond donors (Lipinski definition) is 1. The summed E-state index contributed by atoms with van der Waals surface area (Å²) in [4.78, 5) is 24.8. The van der Waals surface area contributed by atoms with Crippen LogP contribution < -0.4 is 20.5 Å². The molecule has 2 unspecified atom stereocenters. The summed E-state index contributed by atoms with van der Waals surface area (Å²) in [6.07, 6.45) is 1.76. The summed E-state index contributed by atoms with van der Waals surface area (Å²) in [5, 5.41) is 6.38. The number of methoxy groups -OCH3 is 1. The number of thiazole rings is 1. The fourth-order valence-corrected chi connectivity index (χ4v) is 4.80. The average molecular weight is 456 g/mol. The van der Waals surface area contributed by atoms with Gasteiger partial charge in [0, 0.05) is 43.9 Å². The first kappa shape index (κ1) is 22.3. The van der Waals surface area contributed by atoms with Crippen molar-refractivity contribution in [2.45, 2.75) is 32.9 Å². The van der Waals surface area contributed by atoms with E-state index in [1.54, 1.807) is 36.3 Å². The Kier molecular flexibility index (Phi) is 6.48. The first-order chi connectivity index (χ1) is 15.4. The predicted molar refractivity (Wildman–Crippen MR) is 128 cm³/mol. The minimum atomic E-state index is -0.106. The Balaban J connectivity index is 1.64. The summed E-state index contributed by atoms with van der Waals surface area (Å²) in [5.41, 5.74) is 2.98. The van der Waals surface area contributed by atoms with Crippen LogP contribution in [0.5, 0.6) is 5.75 Å². The zero-order chi connectivity index (χ0) is 22.8. The zero-order valence-corrected chi connectivity index (χ0v) is 19.9. The van der Waals surface area contributed by atoms with Crippen LogP contribution in [0.15, 0.2) is 34.6 Å². The predicted octanol–water partition coefficient (Wildman–Crippen LogP) is 3.24. The number of aromatic nitrogens is 3. The van der Waals surface area contributed by atoms with Gasteiger partial charge in [-0.1, -0.05) is 0 Å². The van der Waals surface area contributed by atoms with Gasteiger partial charge in [-0.05, 0) is 44.5 Å². The molecule has 0 aliphatic carbocycles. The number of rotatable bonds is 7. The smallest absolute Gasteiger partial charge is 0.277 e. The van der Waals surface area contributed by atoms with Gasteiger partial charge in [0.15, 0.2) is 5.13 Å². The van der Waals surface area contributed by atoms with Crippen molar-refractivity contribution in [2.75, 3.05) is 37.0 Å². The second-order valence-electron chi connectivity index (χ2n) is 7.91. The van der Waals surface area contributed by atoms with Crippen molar-refractivity contribution >= 4 is 22.2 Å². The fraction of sp³-hybridized carbons (Fsp3) is 0.435. The van der Waals surface area contributed by atoms with Gasteiger partial charge in [0.05, 0.1) is 24.9 Å². The lowest BCUT2D eigenvalue weighted by atomic mass is 10.1. The maximum Gasteiger partial charge on any atom is 0.277 e. The highest BCUT2D eigenvalue weighted by Crippen LogP contribution is 2.28. The molecule has 1 aliphatic heterocycles. The van der Waals surface area contributed by atoms with E-state index in [0.29, 0.717) is 30.4 Å². The van der Waals surface area contributed by atoms with Crippen molar-refractivity contribution in [1.82, 2.24) is 14.5 Å². The van der Waals surface area contributed by atoms with E-state index < -0.39 is 0 Å². The molecule has 0 bridgehead atoms. The summed E-state index contributed by atoms with van der Waals surface area (Å²) in [6.45, 7) is 7.90. The molecule has 3 heterocycles. The Bertz CT molecular complexity index is 1150. The number of nitrogens with one attached hydrogen (secondary N) is 1. The topological polar surface area (TPSA) is 81.5 Å². The normalized spacial score (nSPS) is 18.2. The van der Waals surface area contributed by atoms with Crippen molar-refractivity contribution in [3.8, 4) is 17.1 Å². The lowest BCUT2D eigenvalue weighted by molar-refractivity contribution is 0.0720. The van der Waals surface area contributed by atoms with Gasteiger partial charge in [-0.25, -0.2) is 9.97 Å². The van der Waals surface area contributed by atoms with E-state index in [4.69, 9.17) is 14.5 Å². The van der Waals surface area contributed by atoms with Crippen molar-refractivity contribution < 1.29 is 9.47 Å². The minimum Gasteiger partial charge on any atom is -0.497 e. The number of ether oxygens (including phenoxy) is 2. The number of nitrogens with zero attached hydrogens (tertiary/aromatic N) is 4. The van der Waals surface area contributed by atoms with Crippen molar-refractivity contribution in [1.29, 1.82) is 0 Å². The van der Waals surface area contributed by atoms with E-state index in [0.717, 1.165) is 28.6 Å². The van der Waals surface area contributed by atoms with Gasteiger partial charge in [0.1, 0.15) is 17.3 Å². The molecule has 4 rings (SSSR count). The van der Waals surface area contributed by atoms with Crippen LogP contribution in [0.1, 0.15) is 18.2 Å². The van der Waals surface area contributed by atoms with E-state index in [9.17, 15) is 4.79 Å². The Labute approximate surface area is 191 Å². The molecule has 1 saturated heterocycles. The number of benzene rings is 1. The minimum absolute atomic E-state index is 0.0411. The molecule has 3 aromatic rings. The third-order valence-electron chi connectivity index (χ3n) is 5.81. The quantitative estimate of drug-likeness (QED) is 0.586. The highest BCUT2D eigenvalue weighted by atomic mass is 32.1. The molecule has 1 aromatic carbocycles. The second-order valence-corrected chi connectivity index (χ2v) is 8.78. The molecule has 1 fully saturated rings. The summed E-state index contributed by atoms with van der Waals surface area (Å²) >= 11 is 1.61. The van der Waals surface area contributed by atoms with Crippen LogP contribution in [-0.4, -0.2) is 53.5 Å². The van der Waals surface area contributed by atoms with E-state index >= 15 is 0 Å². The average Bonchev–Trinajstić information content (AvgIpc) is 3.44. The van der Waals surface area contributed by atoms with E-state index in [1.807, 2.05) is 44.4 Å². The van der Waals surface area contributed by atoms with Crippen LogP contribution in [0.2, 0.25) is 0 Å². The molecule has 2 aromatic heterocycles. The highest BCUT2D eigenvalue weighted by molar-refractivity contribution is 7.13. The molecular formula is C23H29N5O3S. The van der Waals surface area contributed by atoms with E-state index in [2.05, 4.69) is 15.2 Å². The summed E-state index contributed by atoms with van der Waals surface area (Å²) in [5.74, 6) is 1.41. The van der Waals surface area contributed by atoms with Gasteiger partial charge in [0.2, 0.25) is 0 Å². The Morgan fingerprint density at radius 3 is 2.75 bits per heavy atom. The molecular weight excluding hydrogens is 426 g/mol. The van der Waals surface area contributed by atoms with E-state index in [1.165, 1.54) is 0 Å². The molecule has 9 heteroatoms. The first-order valence-electron chi connectivity index (χ1n) is 10.7. The van der Waals surface area contributed by atoms with Crippen LogP contribution in [-0.2, 0) is 11.8 Å². The number of anilines is 2. The van der Waals surface area contributed by atoms with Gasteiger partial charge in [0.25, 0.3) is 5.56 Å². The van der Waals surface area contributed by atoms with Gasteiger partial charge >= 0.3 is 0 Å². The first-order valence-corrected chi connectivity index (χ1v) is 11.6. The molecule has 1 N–H and O–H groups in total. The van der Waals surface area contributed by atoms with Crippen LogP contribution in [0.4, 0.5) is 10.8 Å². The molecule has 0 radical (unpaired) electrons. The van der Waals surface area contributed by atoms with E-state index in [-0.39, 0.29) is 17.7 Å². The fourth-order valence-electron chi connectivity index (χ4n) is 4.14. The monoisotopic (exact) mass is 455 g/mol. The second kappa shape index (κ2) is 9.30. The van der Waals surface area contributed by atoms with Gasteiger partial charge in [-0.2, -0.15) is 0 Å². The highest BCUT2D eigenvalue weighted by Gasteiger charge is 2.35. The van der Waals surface area contributed by atoms with Crippen molar-refractivity contribution in [2.24, 2.45) is 7.05 Å². The molecule has 0 saturated carbocycles. The zero-order valence-electron chi connectivity index (χ0n) is 19.1. The van der Waals surface area contributed by atoms with Crippen LogP contribution >= 0.6 is 11.3 Å². The summed E-state index contributed by atoms with van der Waals surface area (Å²) in [6, 6.07) is 5.73. The summed E-state index contributed by atoms with van der Waals surface area (Å²) in [7, 11) is 3.40. The van der Waals surface area contributed by atoms with Crippen LogP contribution in [0, 0.1) is 13.8 Å². The Hall–Kier alpha value is -2.91. The van der Waals surface area contributed by atoms with Crippen molar-refractivity contribution in [3.63, 3.8) is 0 Å². The van der Waals surface area contributed by atoms with Crippen LogP contribution in [0.3, 0.4) is 0 Å². The third-order valence-corrected chi connectivity index (χ3v) is 6.64. The maximum atomic E-state index is 13.4. The van der Waals surface area contributed by atoms with Crippen LogP contribution in [0.25, 0.3) is 11.4 Å². The molecule has 0 amide bonds. The number of hydrogen-bond acceptors (Lipinski definition) is 8. The molecule has 0 spiro atoms. The lowest BCUT2D eigenvalue weighted by Gasteiger charge is -2.22. The Morgan fingerprint density at radius 2 is 2.09 bits per heavy atom. The van der Waals surface area contributed by atoms with Crippen molar-refractivity contribution in [3.05, 3.63) is 51.4 Å². The standard InChI is InChI=1S/C23H29N5O3S/c1-6-31-19-13-28(23-24-9-10-32-23)12-18(19)26-20-15(3)25-21(27(4)22(20)29)17-8-7-16(30-5)11-14(17)2/h7-11,18-19,26H,6,12-13H2,1-5H3. The summed E-state index contributed by atoms with van der Waals surface area (Å²) < 4.78 is 12.9. The molecule has 32 heavy (non-hydrogen) atoms. The lowest BCUT2D eigenvalue weighted by Crippen LogP contribution is -2.38. The van der Waals surface area contributed by atoms with Gasteiger partial charge in [-0.15, -0.1) is 11.3 Å². The Morgan fingerprint density at radius 1 is 1.28 bits per heavy atom. The van der Waals surface area contributed by atoms with Gasteiger partial charge < -0.3 is 19.7 Å². The number of aryl methyl sites for hydroxylation is 2. The van der Waals surface area contributed by atoms with Gasteiger partial charge in [-0.3, -0.25) is 9.36 Å². The SMILES string of the molecule is CCOC1CN(c2nccs2)CC1Nc1c(C)nc(-c2ccc(OC)cc2C)n(C)c1=O. The third kappa shape index (κ3) is 4.22. The molecule has 1 aliphatic rings. The molecule has 170 valence electrons. The largest absolute Gasteiger partial charge is 0.497 e. The maximum absolute atomic E-state index is 13.4. The molecule has 8 nitrogen and oxygen atoms in total.